The maximum atomic E-state index is 12.7. The van der Waals surface area contributed by atoms with E-state index < -0.39 is 0 Å². The predicted molar refractivity (Wildman–Crippen MR) is 93.2 cm³/mol. The van der Waals surface area contributed by atoms with E-state index >= 15 is 0 Å². The highest BCUT2D eigenvalue weighted by atomic mass is 16.5. The predicted octanol–water partition coefficient (Wildman–Crippen LogP) is 2.77. The van der Waals surface area contributed by atoms with Crippen molar-refractivity contribution in [2.75, 3.05) is 19.6 Å². The standard InChI is InChI=1S/C18H26N4O2/c1-11(2)15-9-14(16-12(3)22-24-18(16)21-15)17(23)20-8-6-13-5-4-7-19-10-13/h9,11,13,19H,4-8,10H2,1-3H3,(H,20,23). The van der Waals surface area contributed by atoms with Crippen molar-refractivity contribution in [1.29, 1.82) is 0 Å². The molecule has 1 atom stereocenters. The van der Waals surface area contributed by atoms with Gasteiger partial charge in [-0.05, 0) is 57.2 Å². The molecule has 0 aliphatic carbocycles. The first-order chi connectivity index (χ1) is 11.6. The van der Waals surface area contributed by atoms with Crippen LogP contribution in [0.15, 0.2) is 10.6 Å². The SMILES string of the molecule is Cc1noc2nc(C(C)C)cc(C(=O)NCCC3CCCNC3)c12. The molecule has 24 heavy (non-hydrogen) atoms. The zero-order valence-corrected chi connectivity index (χ0v) is 14.7. The number of aryl methyl sites for hydroxylation is 1. The van der Waals surface area contributed by atoms with Gasteiger partial charge in [-0.3, -0.25) is 4.79 Å². The summed E-state index contributed by atoms with van der Waals surface area (Å²) in [4.78, 5) is 17.2. The van der Waals surface area contributed by atoms with Crippen LogP contribution in [0.2, 0.25) is 0 Å². The molecule has 1 fully saturated rings. The average molecular weight is 330 g/mol. The van der Waals surface area contributed by atoms with Crippen molar-refractivity contribution in [2.45, 2.75) is 46.0 Å². The minimum atomic E-state index is -0.0700. The number of amides is 1. The van der Waals surface area contributed by atoms with Crippen molar-refractivity contribution < 1.29 is 9.32 Å². The van der Waals surface area contributed by atoms with Gasteiger partial charge in [-0.1, -0.05) is 19.0 Å². The minimum Gasteiger partial charge on any atom is -0.352 e. The van der Waals surface area contributed by atoms with Gasteiger partial charge in [-0.15, -0.1) is 0 Å². The lowest BCUT2D eigenvalue weighted by Gasteiger charge is -2.22. The number of nitrogens with one attached hydrogen (secondary N) is 2. The smallest absolute Gasteiger partial charge is 0.259 e. The number of hydrogen-bond acceptors (Lipinski definition) is 5. The molecule has 6 nitrogen and oxygen atoms in total. The van der Waals surface area contributed by atoms with Gasteiger partial charge in [-0.2, -0.15) is 0 Å². The summed E-state index contributed by atoms with van der Waals surface area (Å²) in [5.41, 5.74) is 2.61. The van der Waals surface area contributed by atoms with Crippen molar-refractivity contribution in [3.05, 3.63) is 23.0 Å². The Bertz CT molecular complexity index is 717. The highest BCUT2D eigenvalue weighted by Crippen LogP contribution is 2.25. The van der Waals surface area contributed by atoms with Crippen molar-refractivity contribution in [2.24, 2.45) is 5.92 Å². The fourth-order valence-corrected chi connectivity index (χ4v) is 3.24. The molecule has 3 rings (SSSR count). The Morgan fingerprint density at radius 2 is 2.33 bits per heavy atom. The van der Waals surface area contributed by atoms with Crippen molar-refractivity contribution >= 4 is 17.0 Å². The second kappa shape index (κ2) is 7.30. The molecular formula is C18H26N4O2. The zero-order valence-electron chi connectivity index (χ0n) is 14.7. The Balaban J connectivity index is 1.74. The average Bonchev–Trinajstić information content (AvgIpc) is 2.96. The Morgan fingerprint density at radius 3 is 3.04 bits per heavy atom. The maximum Gasteiger partial charge on any atom is 0.259 e. The minimum absolute atomic E-state index is 0.0700. The summed E-state index contributed by atoms with van der Waals surface area (Å²) in [6.07, 6.45) is 3.47. The van der Waals surface area contributed by atoms with Crippen LogP contribution in [0.1, 0.15) is 60.8 Å². The first kappa shape index (κ1) is 16.9. The lowest BCUT2D eigenvalue weighted by molar-refractivity contribution is 0.0952. The molecule has 0 bridgehead atoms. The van der Waals surface area contributed by atoms with E-state index in [1.54, 1.807) is 0 Å². The Morgan fingerprint density at radius 1 is 1.50 bits per heavy atom. The fourth-order valence-electron chi connectivity index (χ4n) is 3.24. The van der Waals surface area contributed by atoms with Gasteiger partial charge in [0, 0.05) is 12.2 Å². The monoisotopic (exact) mass is 330 g/mol. The van der Waals surface area contributed by atoms with Crippen LogP contribution in [0.25, 0.3) is 11.1 Å². The van der Waals surface area contributed by atoms with Crippen LogP contribution in [-0.4, -0.2) is 35.7 Å². The van der Waals surface area contributed by atoms with E-state index in [9.17, 15) is 4.79 Å². The number of carbonyl (C=O) groups excluding carboxylic acids is 1. The van der Waals surface area contributed by atoms with Crippen LogP contribution in [0.4, 0.5) is 0 Å². The summed E-state index contributed by atoms with van der Waals surface area (Å²) in [7, 11) is 0. The first-order valence-electron chi connectivity index (χ1n) is 8.82. The van der Waals surface area contributed by atoms with Crippen LogP contribution >= 0.6 is 0 Å². The lowest BCUT2D eigenvalue weighted by atomic mass is 9.96. The lowest BCUT2D eigenvalue weighted by Crippen LogP contribution is -2.33. The summed E-state index contributed by atoms with van der Waals surface area (Å²) in [5, 5.41) is 11.2. The summed E-state index contributed by atoms with van der Waals surface area (Å²) in [5.74, 6) is 0.805. The molecule has 0 aromatic carbocycles. The number of carbonyl (C=O) groups is 1. The molecule has 3 heterocycles. The van der Waals surface area contributed by atoms with E-state index in [0.29, 0.717) is 29.4 Å². The van der Waals surface area contributed by atoms with E-state index in [4.69, 9.17) is 4.52 Å². The summed E-state index contributed by atoms with van der Waals surface area (Å²) in [6.45, 7) is 8.80. The van der Waals surface area contributed by atoms with Crippen molar-refractivity contribution in [1.82, 2.24) is 20.8 Å². The molecule has 2 N–H and O–H groups in total. The molecule has 1 aliphatic heterocycles. The molecule has 2 aromatic heterocycles. The summed E-state index contributed by atoms with van der Waals surface area (Å²) in [6, 6.07) is 1.87. The molecule has 1 amide bonds. The van der Waals surface area contributed by atoms with Gasteiger partial charge < -0.3 is 15.2 Å². The van der Waals surface area contributed by atoms with Crippen LogP contribution in [0.5, 0.6) is 0 Å². The molecule has 1 aliphatic rings. The van der Waals surface area contributed by atoms with Crippen LogP contribution < -0.4 is 10.6 Å². The van der Waals surface area contributed by atoms with E-state index in [-0.39, 0.29) is 11.8 Å². The normalized spacial score (nSPS) is 18.2. The second-order valence-corrected chi connectivity index (χ2v) is 6.95. The first-order valence-corrected chi connectivity index (χ1v) is 8.82. The quantitative estimate of drug-likeness (QED) is 0.881. The van der Waals surface area contributed by atoms with Crippen molar-refractivity contribution in [3.8, 4) is 0 Å². The van der Waals surface area contributed by atoms with Gasteiger partial charge in [-0.25, -0.2) is 4.98 Å². The molecular weight excluding hydrogens is 304 g/mol. The topological polar surface area (TPSA) is 80.0 Å². The Labute approximate surface area is 142 Å². The maximum absolute atomic E-state index is 12.7. The molecule has 130 valence electrons. The van der Waals surface area contributed by atoms with E-state index in [2.05, 4.69) is 34.6 Å². The van der Waals surface area contributed by atoms with Gasteiger partial charge in [0.2, 0.25) is 0 Å². The molecule has 0 radical (unpaired) electrons. The number of piperidine rings is 1. The van der Waals surface area contributed by atoms with Crippen molar-refractivity contribution in [3.63, 3.8) is 0 Å². The van der Waals surface area contributed by atoms with Gasteiger partial charge in [0.05, 0.1) is 16.6 Å². The second-order valence-electron chi connectivity index (χ2n) is 6.95. The number of nitrogens with zero attached hydrogens (tertiary/aromatic N) is 2. The Hall–Kier alpha value is -1.95. The van der Waals surface area contributed by atoms with E-state index in [1.807, 2.05) is 13.0 Å². The number of pyridine rings is 1. The summed E-state index contributed by atoms with van der Waals surface area (Å²) >= 11 is 0. The molecule has 1 saturated heterocycles. The third-order valence-electron chi connectivity index (χ3n) is 4.71. The number of fused-ring (bicyclic) bond motifs is 1. The third-order valence-corrected chi connectivity index (χ3v) is 4.71. The molecule has 0 spiro atoms. The Kier molecular flexibility index (Phi) is 5.14. The van der Waals surface area contributed by atoms with Crippen LogP contribution in [0.3, 0.4) is 0 Å². The summed E-state index contributed by atoms with van der Waals surface area (Å²) < 4.78 is 5.28. The number of aromatic nitrogens is 2. The number of rotatable bonds is 5. The molecule has 0 saturated carbocycles. The molecule has 6 heteroatoms. The number of hydrogen-bond donors (Lipinski definition) is 2. The highest BCUT2D eigenvalue weighted by molar-refractivity contribution is 6.06. The fraction of sp³-hybridized carbons (Fsp3) is 0.611. The zero-order chi connectivity index (χ0) is 17.1. The largest absolute Gasteiger partial charge is 0.352 e. The van der Waals surface area contributed by atoms with E-state index in [1.165, 1.54) is 12.8 Å². The molecule has 1 unspecified atom stereocenters. The highest BCUT2D eigenvalue weighted by Gasteiger charge is 2.20. The van der Waals surface area contributed by atoms with Gasteiger partial charge in [0.1, 0.15) is 0 Å². The van der Waals surface area contributed by atoms with Gasteiger partial charge in [0.25, 0.3) is 11.6 Å². The van der Waals surface area contributed by atoms with E-state index in [0.717, 1.165) is 30.6 Å². The van der Waals surface area contributed by atoms with Crippen LogP contribution in [-0.2, 0) is 0 Å². The van der Waals surface area contributed by atoms with Gasteiger partial charge in [0.15, 0.2) is 0 Å². The molecule has 2 aromatic rings. The van der Waals surface area contributed by atoms with Crippen LogP contribution in [0, 0.1) is 12.8 Å². The van der Waals surface area contributed by atoms with Gasteiger partial charge >= 0.3 is 0 Å². The third kappa shape index (κ3) is 3.59.